The summed E-state index contributed by atoms with van der Waals surface area (Å²) in [7, 11) is 0. The van der Waals surface area contributed by atoms with Gasteiger partial charge in [-0.2, -0.15) is 0 Å². The van der Waals surface area contributed by atoms with Gasteiger partial charge in [0, 0.05) is 22.6 Å². The van der Waals surface area contributed by atoms with Crippen LogP contribution in [0.3, 0.4) is 0 Å². The molecular formula is C15H21BrClNO. The van der Waals surface area contributed by atoms with Crippen molar-refractivity contribution in [1.29, 1.82) is 0 Å². The second-order valence-corrected chi connectivity index (χ2v) is 6.19. The molecule has 0 N–H and O–H groups in total. The van der Waals surface area contributed by atoms with Crippen molar-refractivity contribution in [3.05, 3.63) is 33.3 Å². The maximum Gasteiger partial charge on any atom is 0.254 e. The molecule has 0 spiro atoms. The molecule has 0 fully saturated rings. The van der Waals surface area contributed by atoms with Gasteiger partial charge in [0.2, 0.25) is 0 Å². The van der Waals surface area contributed by atoms with Crippen LogP contribution in [-0.2, 0) is 0 Å². The lowest BCUT2D eigenvalue weighted by Gasteiger charge is -2.27. The third-order valence-electron chi connectivity index (χ3n) is 3.05. The van der Waals surface area contributed by atoms with Crippen LogP contribution in [0.5, 0.6) is 0 Å². The molecule has 1 aromatic carbocycles. The van der Waals surface area contributed by atoms with E-state index < -0.39 is 0 Å². The van der Waals surface area contributed by atoms with Crippen LogP contribution in [0, 0.1) is 0 Å². The highest BCUT2D eigenvalue weighted by atomic mass is 79.9. The molecule has 19 heavy (non-hydrogen) atoms. The lowest BCUT2D eigenvalue weighted by molar-refractivity contribution is 0.0702. The smallest absolute Gasteiger partial charge is 0.254 e. The summed E-state index contributed by atoms with van der Waals surface area (Å²) < 4.78 is 0.761. The maximum absolute atomic E-state index is 12.5. The Morgan fingerprint density at radius 3 is 2.58 bits per heavy atom. The van der Waals surface area contributed by atoms with Crippen molar-refractivity contribution in [3.8, 4) is 0 Å². The highest BCUT2D eigenvalue weighted by molar-refractivity contribution is 9.10. The zero-order valence-electron chi connectivity index (χ0n) is 11.7. The summed E-state index contributed by atoms with van der Waals surface area (Å²) in [4.78, 5) is 14.4. The topological polar surface area (TPSA) is 20.3 Å². The second kappa shape index (κ2) is 7.91. The number of rotatable bonds is 6. The predicted molar refractivity (Wildman–Crippen MR) is 84.8 cm³/mol. The van der Waals surface area contributed by atoms with E-state index in [1.807, 2.05) is 4.90 Å². The average Bonchev–Trinajstić information content (AvgIpc) is 2.37. The van der Waals surface area contributed by atoms with E-state index in [0.29, 0.717) is 10.6 Å². The van der Waals surface area contributed by atoms with Crippen LogP contribution in [0.1, 0.15) is 50.4 Å². The number of carbonyl (C=O) groups is 1. The van der Waals surface area contributed by atoms with Crippen LogP contribution in [0.15, 0.2) is 22.7 Å². The first-order valence-electron chi connectivity index (χ1n) is 6.73. The van der Waals surface area contributed by atoms with Gasteiger partial charge in [-0.15, -0.1) is 0 Å². The van der Waals surface area contributed by atoms with E-state index in [1.54, 1.807) is 18.2 Å². The predicted octanol–water partition coefficient (Wildman–Crippen LogP) is 5.14. The lowest BCUT2D eigenvalue weighted by Crippen LogP contribution is -2.37. The Morgan fingerprint density at radius 2 is 2.05 bits per heavy atom. The molecule has 1 aromatic rings. The van der Waals surface area contributed by atoms with Crippen molar-refractivity contribution in [3.63, 3.8) is 0 Å². The van der Waals surface area contributed by atoms with E-state index in [2.05, 4.69) is 36.7 Å². The maximum atomic E-state index is 12.5. The highest BCUT2D eigenvalue weighted by Gasteiger charge is 2.18. The lowest BCUT2D eigenvalue weighted by atomic mass is 10.1. The summed E-state index contributed by atoms with van der Waals surface area (Å²) in [6.07, 6.45) is 3.36. The standard InChI is InChI=1S/C15H21BrClNO/c1-4-5-6-9-18(11(2)3)15(19)12-7-8-14(17)13(16)10-12/h7-8,10-11H,4-6,9H2,1-3H3. The number of hydrogen-bond donors (Lipinski definition) is 0. The van der Waals surface area contributed by atoms with Gasteiger partial charge < -0.3 is 4.90 Å². The average molecular weight is 347 g/mol. The van der Waals surface area contributed by atoms with E-state index in [4.69, 9.17) is 11.6 Å². The van der Waals surface area contributed by atoms with Gasteiger partial charge in [-0.05, 0) is 54.4 Å². The van der Waals surface area contributed by atoms with E-state index in [0.717, 1.165) is 30.3 Å². The second-order valence-electron chi connectivity index (χ2n) is 4.93. The molecule has 2 nitrogen and oxygen atoms in total. The van der Waals surface area contributed by atoms with Crippen molar-refractivity contribution in [1.82, 2.24) is 4.90 Å². The number of hydrogen-bond acceptors (Lipinski definition) is 1. The molecule has 0 saturated heterocycles. The molecule has 0 bridgehead atoms. The molecule has 1 rings (SSSR count). The molecule has 0 atom stereocenters. The van der Waals surface area contributed by atoms with Gasteiger partial charge in [0.15, 0.2) is 0 Å². The Morgan fingerprint density at radius 1 is 1.37 bits per heavy atom. The largest absolute Gasteiger partial charge is 0.336 e. The van der Waals surface area contributed by atoms with Crippen LogP contribution >= 0.6 is 27.5 Å². The minimum absolute atomic E-state index is 0.0727. The van der Waals surface area contributed by atoms with E-state index >= 15 is 0 Å². The molecule has 0 aliphatic rings. The van der Waals surface area contributed by atoms with Crippen molar-refractivity contribution in [2.45, 2.75) is 46.1 Å². The number of carbonyl (C=O) groups excluding carboxylic acids is 1. The van der Waals surface area contributed by atoms with Crippen molar-refractivity contribution >= 4 is 33.4 Å². The summed E-state index contributed by atoms with van der Waals surface area (Å²) in [6.45, 7) is 7.08. The summed E-state index contributed by atoms with van der Waals surface area (Å²) in [5.41, 5.74) is 0.682. The first kappa shape index (κ1) is 16.5. The fraction of sp³-hybridized carbons (Fsp3) is 0.533. The zero-order valence-corrected chi connectivity index (χ0v) is 14.1. The van der Waals surface area contributed by atoms with Crippen LogP contribution < -0.4 is 0 Å². The first-order valence-corrected chi connectivity index (χ1v) is 7.90. The van der Waals surface area contributed by atoms with Gasteiger partial charge in [-0.25, -0.2) is 0 Å². The van der Waals surface area contributed by atoms with Crippen molar-refractivity contribution < 1.29 is 4.79 Å². The Kier molecular flexibility index (Phi) is 6.87. The molecule has 106 valence electrons. The van der Waals surface area contributed by atoms with Crippen LogP contribution in [-0.4, -0.2) is 23.4 Å². The zero-order chi connectivity index (χ0) is 14.4. The van der Waals surface area contributed by atoms with Gasteiger partial charge in [0.05, 0.1) is 5.02 Å². The quantitative estimate of drug-likeness (QED) is 0.653. The van der Waals surface area contributed by atoms with Gasteiger partial charge >= 0.3 is 0 Å². The Balaban J connectivity index is 2.83. The molecule has 1 amide bonds. The Hall–Kier alpha value is -0.540. The molecule has 0 unspecified atom stereocenters. The van der Waals surface area contributed by atoms with Gasteiger partial charge in [-0.1, -0.05) is 31.4 Å². The van der Waals surface area contributed by atoms with E-state index in [9.17, 15) is 4.79 Å². The molecule has 0 heterocycles. The summed E-state index contributed by atoms with van der Waals surface area (Å²) in [5, 5.41) is 0.624. The number of unbranched alkanes of at least 4 members (excludes halogenated alkanes) is 2. The van der Waals surface area contributed by atoms with Crippen LogP contribution in [0.25, 0.3) is 0 Å². The van der Waals surface area contributed by atoms with Gasteiger partial charge in [-0.3, -0.25) is 4.79 Å². The molecular weight excluding hydrogens is 326 g/mol. The minimum Gasteiger partial charge on any atom is -0.336 e. The molecule has 0 radical (unpaired) electrons. The fourth-order valence-corrected chi connectivity index (χ4v) is 2.42. The van der Waals surface area contributed by atoms with Gasteiger partial charge in [0.1, 0.15) is 0 Å². The van der Waals surface area contributed by atoms with Gasteiger partial charge in [0.25, 0.3) is 5.91 Å². The Bertz CT molecular complexity index is 434. The number of benzene rings is 1. The first-order chi connectivity index (χ1) is 8.97. The number of halogens is 2. The monoisotopic (exact) mass is 345 g/mol. The molecule has 0 aromatic heterocycles. The SMILES string of the molecule is CCCCCN(C(=O)c1ccc(Cl)c(Br)c1)C(C)C. The summed E-state index contributed by atoms with van der Waals surface area (Å²) >= 11 is 9.32. The normalized spacial score (nSPS) is 10.8. The third-order valence-corrected chi connectivity index (χ3v) is 4.27. The van der Waals surface area contributed by atoms with E-state index in [1.165, 1.54) is 0 Å². The van der Waals surface area contributed by atoms with Crippen molar-refractivity contribution in [2.75, 3.05) is 6.54 Å². The molecule has 0 saturated carbocycles. The van der Waals surface area contributed by atoms with Crippen molar-refractivity contribution in [2.24, 2.45) is 0 Å². The van der Waals surface area contributed by atoms with Crippen LogP contribution in [0.2, 0.25) is 5.02 Å². The summed E-state index contributed by atoms with van der Waals surface area (Å²) in [5.74, 6) is 0.0727. The minimum atomic E-state index is 0.0727. The number of amides is 1. The number of nitrogens with zero attached hydrogens (tertiary/aromatic N) is 1. The fourth-order valence-electron chi connectivity index (χ4n) is 1.92. The molecule has 0 aliphatic carbocycles. The molecule has 0 aliphatic heterocycles. The highest BCUT2D eigenvalue weighted by Crippen LogP contribution is 2.24. The Labute approximate surface area is 129 Å². The summed E-state index contributed by atoms with van der Waals surface area (Å²) in [6, 6.07) is 5.53. The van der Waals surface area contributed by atoms with E-state index in [-0.39, 0.29) is 11.9 Å². The molecule has 4 heteroatoms. The third kappa shape index (κ3) is 4.81. The van der Waals surface area contributed by atoms with Crippen LogP contribution in [0.4, 0.5) is 0 Å².